The summed E-state index contributed by atoms with van der Waals surface area (Å²) >= 11 is 0. The molecule has 25 heavy (non-hydrogen) atoms. The van der Waals surface area contributed by atoms with Crippen LogP contribution in [0.4, 0.5) is 4.79 Å². The summed E-state index contributed by atoms with van der Waals surface area (Å²) in [5.41, 5.74) is -1.37. The van der Waals surface area contributed by atoms with E-state index in [1.807, 2.05) is 20.8 Å². The lowest BCUT2D eigenvalue weighted by Gasteiger charge is -2.39. The van der Waals surface area contributed by atoms with E-state index < -0.39 is 20.0 Å². The molecular weight excluding hydrogens is 332 g/mol. The minimum atomic E-state index is -1.75. The number of nitrogens with one attached hydrogen (secondary N) is 1. The molecule has 1 aliphatic rings. The smallest absolute Gasteiger partial charge is 0.409 e. The van der Waals surface area contributed by atoms with Gasteiger partial charge in [0.05, 0.1) is 0 Å². The van der Waals surface area contributed by atoms with Crippen LogP contribution in [0.2, 0.25) is 18.1 Å². The molecule has 6 heteroatoms. The van der Waals surface area contributed by atoms with Gasteiger partial charge in [-0.2, -0.15) is 5.26 Å². The predicted molar refractivity (Wildman–Crippen MR) is 103 cm³/mol. The molecule has 0 aromatic carbocycles. The third-order valence-electron chi connectivity index (χ3n) is 5.37. The summed E-state index contributed by atoms with van der Waals surface area (Å²) in [6.45, 7) is 17.7. The lowest BCUT2D eigenvalue weighted by atomic mass is 9.80. The van der Waals surface area contributed by atoms with Crippen LogP contribution in [0.3, 0.4) is 0 Å². The fraction of sp³-hybridized carbons (Fsp3) is 0.895. The number of hydrogen-bond donors (Lipinski definition) is 1. The Balaban J connectivity index is 2.55. The van der Waals surface area contributed by atoms with Crippen LogP contribution in [0.15, 0.2) is 0 Å². The van der Waals surface area contributed by atoms with E-state index in [9.17, 15) is 10.1 Å². The first-order chi connectivity index (χ1) is 11.2. The molecule has 1 fully saturated rings. The second-order valence-corrected chi connectivity index (χ2v) is 14.7. The Morgan fingerprint density at radius 2 is 1.72 bits per heavy atom. The average Bonchev–Trinajstić information content (AvgIpc) is 2.43. The van der Waals surface area contributed by atoms with Crippen molar-refractivity contribution in [2.45, 2.75) is 96.5 Å². The number of alkyl carbamates (subject to hydrolysis) is 1. The van der Waals surface area contributed by atoms with Crippen molar-refractivity contribution in [1.82, 2.24) is 5.32 Å². The van der Waals surface area contributed by atoms with Crippen LogP contribution < -0.4 is 5.32 Å². The number of carbonyl (C=O) groups is 1. The zero-order valence-electron chi connectivity index (χ0n) is 17.3. The van der Waals surface area contributed by atoms with Gasteiger partial charge < -0.3 is 14.5 Å². The molecule has 0 aromatic heterocycles. The molecule has 1 saturated carbocycles. The molecule has 0 atom stereocenters. The number of ether oxygens (including phenoxy) is 1. The second kappa shape index (κ2) is 7.67. The van der Waals surface area contributed by atoms with Crippen molar-refractivity contribution in [3.05, 3.63) is 0 Å². The number of carbonyl (C=O) groups excluding carboxylic acids is 1. The van der Waals surface area contributed by atoms with Crippen LogP contribution in [0.1, 0.15) is 67.2 Å². The van der Waals surface area contributed by atoms with Crippen molar-refractivity contribution < 1.29 is 14.0 Å². The predicted octanol–water partition coefficient (Wildman–Crippen LogP) is 4.99. The van der Waals surface area contributed by atoms with E-state index in [1.54, 1.807) is 0 Å². The van der Waals surface area contributed by atoms with Crippen LogP contribution in [0.25, 0.3) is 0 Å². The Labute approximate surface area is 154 Å². The number of amides is 1. The van der Waals surface area contributed by atoms with Gasteiger partial charge in [-0.3, -0.25) is 0 Å². The van der Waals surface area contributed by atoms with Gasteiger partial charge in [-0.15, -0.1) is 0 Å². The highest BCUT2D eigenvalue weighted by Crippen LogP contribution is 2.39. The highest BCUT2D eigenvalue weighted by molar-refractivity contribution is 6.74. The van der Waals surface area contributed by atoms with Gasteiger partial charge in [0.1, 0.15) is 6.07 Å². The summed E-state index contributed by atoms with van der Waals surface area (Å²) in [6.07, 6.45) is 2.35. The molecule has 5 nitrogen and oxygen atoms in total. The van der Waals surface area contributed by atoms with E-state index in [0.29, 0.717) is 18.8 Å². The second-order valence-electron chi connectivity index (χ2n) is 9.89. The SMILES string of the molecule is CC(C)(C)NC(=O)OC1(C#N)CCC(CO[Si](C)(C)C(C)(C)C)CC1. The Bertz CT molecular complexity index is 504. The van der Waals surface area contributed by atoms with Crippen LogP contribution >= 0.6 is 0 Å². The molecule has 0 unspecified atom stereocenters. The lowest BCUT2D eigenvalue weighted by Crippen LogP contribution is -2.47. The number of nitrogens with zero attached hydrogens (tertiary/aromatic N) is 1. The lowest BCUT2D eigenvalue weighted by molar-refractivity contribution is 0.00589. The van der Waals surface area contributed by atoms with Gasteiger partial charge in [0.2, 0.25) is 0 Å². The summed E-state index contributed by atoms with van der Waals surface area (Å²) < 4.78 is 11.8. The highest BCUT2D eigenvalue weighted by atomic mass is 28.4. The third kappa shape index (κ3) is 6.63. The molecule has 144 valence electrons. The normalized spacial score (nSPS) is 25.2. The minimum Gasteiger partial charge on any atom is -0.427 e. The molecule has 1 aliphatic carbocycles. The van der Waals surface area contributed by atoms with Crippen LogP contribution in [0.5, 0.6) is 0 Å². The van der Waals surface area contributed by atoms with Crippen LogP contribution in [-0.4, -0.2) is 32.2 Å². The first kappa shape index (κ1) is 22.0. The molecule has 1 amide bonds. The van der Waals surface area contributed by atoms with Gasteiger partial charge >= 0.3 is 6.09 Å². The summed E-state index contributed by atoms with van der Waals surface area (Å²) in [5.74, 6) is 0.435. The monoisotopic (exact) mass is 368 g/mol. The molecular formula is C19H36N2O3Si. The zero-order valence-corrected chi connectivity index (χ0v) is 18.3. The van der Waals surface area contributed by atoms with Crippen LogP contribution in [-0.2, 0) is 9.16 Å². The molecule has 0 saturated heterocycles. The van der Waals surface area contributed by atoms with E-state index in [2.05, 4.69) is 45.3 Å². The van der Waals surface area contributed by atoms with Crippen LogP contribution in [0, 0.1) is 17.2 Å². The summed E-state index contributed by atoms with van der Waals surface area (Å²) in [4.78, 5) is 12.0. The van der Waals surface area contributed by atoms with Crippen molar-refractivity contribution in [2.75, 3.05) is 6.61 Å². The van der Waals surface area contributed by atoms with Gasteiger partial charge in [0, 0.05) is 25.0 Å². The van der Waals surface area contributed by atoms with Gasteiger partial charge in [0.15, 0.2) is 13.9 Å². The molecule has 1 rings (SSSR count). The maximum atomic E-state index is 12.0. The first-order valence-electron chi connectivity index (χ1n) is 9.26. The summed E-state index contributed by atoms with van der Waals surface area (Å²) in [7, 11) is -1.75. The number of rotatable bonds is 4. The van der Waals surface area contributed by atoms with Crippen molar-refractivity contribution in [2.24, 2.45) is 5.92 Å². The Hall–Kier alpha value is -1.06. The quantitative estimate of drug-likeness (QED) is 0.710. The van der Waals surface area contributed by atoms with Gasteiger partial charge in [-0.05, 0) is 57.7 Å². The maximum absolute atomic E-state index is 12.0. The molecule has 1 N–H and O–H groups in total. The fourth-order valence-corrected chi connectivity index (χ4v) is 3.68. The standard InChI is InChI=1S/C19H36N2O3Si/c1-17(2,3)21-16(22)24-19(14-20)11-9-15(10-12-19)13-23-25(7,8)18(4,5)6/h15H,9-13H2,1-8H3,(H,21,22). The Morgan fingerprint density at radius 3 is 2.12 bits per heavy atom. The Kier molecular flexibility index (Phi) is 6.74. The number of nitriles is 1. The van der Waals surface area contributed by atoms with Crippen molar-refractivity contribution in [3.8, 4) is 6.07 Å². The average molecular weight is 369 g/mol. The minimum absolute atomic E-state index is 0.201. The topological polar surface area (TPSA) is 71.3 Å². The van der Waals surface area contributed by atoms with E-state index in [4.69, 9.17) is 9.16 Å². The highest BCUT2D eigenvalue weighted by Gasteiger charge is 2.41. The van der Waals surface area contributed by atoms with Crippen molar-refractivity contribution in [1.29, 1.82) is 5.26 Å². The van der Waals surface area contributed by atoms with Crippen molar-refractivity contribution >= 4 is 14.4 Å². The first-order valence-corrected chi connectivity index (χ1v) is 12.2. The van der Waals surface area contributed by atoms with E-state index >= 15 is 0 Å². The summed E-state index contributed by atoms with van der Waals surface area (Å²) in [6, 6.07) is 2.24. The zero-order chi connectivity index (χ0) is 19.5. The molecule has 0 aromatic rings. The molecule has 0 heterocycles. The third-order valence-corrected chi connectivity index (χ3v) is 9.87. The van der Waals surface area contributed by atoms with E-state index in [-0.39, 0.29) is 10.6 Å². The fourth-order valence-electron chi connectivity index (χ4n) is 2.60. The van der Waals surface area contributed by atoms with Gasteiger partial charge in [0.25, 0.3) is 0 Å². The number of hydrogen-bond acceptors (Lipinski definition) is 4. The van der Waals surface area contributed by atoms with Crippen molar-refractivity contribution in [3.63, 3.8) is 0 Å². The van der Waals surface area contributed by atoms with Gasteiger partial charge in [-0.25, -0.2) is 4.79 Å². The van der Waals surface area contributed by atoms with Gasteiger partial charge in [-0.1, -0.05) is 20.8 Å². The molecule has 0 radical (unpaired) electrons. The maximum Gasteiger partial charge on any atom is 0.409 e. The molecule has 0 aliphatic heterocycles. The molecule has 0 spiro atoms. The summed E-state index contributed by atoms with van der Waals surface area (Å²) in [5, 5.41) is 12.5. The Morgan fingerprint density at radius 1 is 1.20 bits per heavy atom. The molecule has 0 bridgehead atoms. The van der Waals surface area contributed by atoms with E-state index in [1.165, 1.54) is 0 Å². The van der Waals surface area contributed by atoms with E-state index in [0.717, 1.165) is 19.4 Å². The largest absolute Gasteiger partial charge is 0.427 e.